The molecule has 128 valence electrons. The Morgan fingerprint density at radius 3 is 3.00 bits per heavy atom. The molecule has 3 heterocycles. The minimum Gasteiger partial charge on any atom is -0.386 e. The van der Waals surface area contributed by atoms with Gasteiger partial charge < -0.3 is 15.3 Å². The largest absolute Gasteiger partial charge is 0.386 e. The van der Waals surface area contributed by atoms with Crippen molar-refractivity contribution in [3.8, 4) is 0 Å². The summed E-state index contributed by atoms with van der Waals surface area (Å²) < 4.78 is 1.65. The lowest BCUT2D eigenvalue weighted by atomic mass is 9.92. The van der Waals surface area contributed by atoms with Crippen molar-refractivity contribution in [3.63, 3.8) is 0 Å². The number of amides is 1. The van der Waals surface area contributed by atoms with E-state index in [0.717, 1.165) is 18.8 Å². The van der Waals surface area contributed by atoms with Crippen molar-refractivity contribution in [1.82, 2.24) is 25.3 Å². The van der Waals surface area contributed by atoms with Crippen molar-refractivity contribution in [2.75, 3.05) is 24.5 Å². The minimum atomic E-state index is -0.869. The molecule has 1 saturated heterocycles. The molecule has 0 bridgehead atoms. The highest BCUT2D eigenvalue weighted by Crippen LogP contribution is 2.26. The molecule has 0 radical (unpaired) electrons. The first-order chi connectivity index (χ1) is 11.6. The topological polar surface area (TPSA) is 96.2 Å². The zero-order valence-corrected chi connectivity index (χ0v) is 13.7. The van der Waals surface area contributed by atoms with E-state index in [0.29, 0.717) is 31.6 Å². The number of nitrogens with zero attached hydrogens (tertiary/aromatic N) is 5. The summed E-state index contributed by atoms with van der Waals surface area (Å²) in [6.45, 7) is 4.17. The standard InChI is InChI=1S/C16H22N6O2/c1-2-17-15(23)13-4-5-14(18-10-13)21-8-3-6-16(24,11-21)12-22-9-7-19-20-22/h4-5,7,9-10,24H,2-3,6,8,11-12H2,1H3,(H,17,23). The lowest BCUT2D eigenvalue weighted by molar-refractivity contribution is 0.00584. The van der Waals surface area contributed by atoms with Gasteiger partial charge in [0, 0.05) is 32.0 Å². The number of hydrogen-bond acceptors (Lipinski definition) is 6. The van der Waals surface area contributed by atoms with Crippen molar-refractivity contribution in [2.45, 2.75) is 31.9 Å². The molecule has 24 heavy (non-hydrogen) atoms. The van der Waals surface area contributed by atoms with Crippen LogP contribution in [0.1, 0.15) is 30.1 Å². The van der Waals surface area contributed by atoms with Crippen molar-refractivity contribution in [2.24, 2.45) is 0 Å². The van der Waals surface area contributed by atoms with Crippen molar-refractivity contribution < 1.29 is 9.90 Å². The first kappa shape index (κ1) is 16.4. The summed E-state index contributed by atoms with van der Waals surface area (Å²) >= 11 is 0. The van der Waals surface area contributed by atoms with Gasteiger partial charge in [-0.3, -0.25) is 4.79 Å². The van der Waals surface area contributed by atoms with E-state index in [1.807, 2.05) is 17.9 Å². The number of aromatic nitrogens is 4. The molecular weight excluding hydrogens is 308 g/mol. The summed E-state index contributed by atoms with van der Waals surface area (Å²) in [6.07, 6.45) is 6.50. The average molecular weight is 330 g/mol. The first-order valence-corrected chi connectivity index (χ1v) is 8.15. The number of rotatable bonds is 5. The fraction of sp³-hybridized carbons (Fsp3) is 0.500. The zero-order valence-electron chi connectivity index (χ0n) is 13.7. The van der Waals surface area contributed by atoms with Crippen LogP contribution in [0.25, 0.3) is 0 Å². The Bertz CT molecular complexity index is 672. The molecule has 1 unspecified atom stereocenters. The van der Waals surface area contributed by atoms with Crippen LogP contribution in [0.3, 0.4) is 0 Å². The van der Waals surface area contributed by atoms with Crippen LogP contribution in [-0.4, -0.2) is 56.2 Å². The number of anilines is 1. The number of aliphatic hydroxyl groups is 1. The van der Waals surface area contributed by atoms with Crippen LogP contribution in [0.15, 0.2) is 30.7 Å². The molecule has 8 nitrogen and oxygen atoms in total. The summed E-state index contributed by atoms with van der Waals surface area (Å²) in [6, 6.07) is 3.59. The summed E-state index contributed by atoms with van der Waals surface area (Å²) in [4.78, 5) is 18.2. The van der Waals surface area contributed by atoms with Crippen LogP contribution in [0.4, 0.5) is 5.82 Å². The molecule has 1 amide bonds. The Morgan fingerprint density at radius 1 is 1.46 bits per heavy atom. The third kappa shape index (κ3) is 3.70. The number of pyridine rings is 1. The van der Waals surface area contributed by atoms with Gasteiger partial charge in [0.25, 0.3) is 5.91 Å². The predicted molar refractivity (Wildman–Crippen MR) is 88.7 cm³/mol. The number of β-amino-alcohol motifs (C(OH)–C–C–N with tert-alkyl or cyclic N) is 1. The smallest absolute Gasteiger partial charge is 0.252 e. The van der Waals surface area contributed by atoms with Crippen molar-refractivity contribution >= 4 is 11.7 Å². The highest BCUT2D eigenvalue weighted by atomic mass is 16.3. The molecule has 0 aromatic carbocycles. The molecule has 3 rings (SSSR count). The molecule has 1 atom stereocenters. The molecule has 2 aromatic rings. The maximum atomic E-state index is 11.8. The third-order valence-corrected chi connectivity index (χ3v) is 4.15. The average Bonchev–Trinajstić information content (AvgIpc) is 3.07. The van der Waals surface area contributed by atoms with Crippen molar-refractivity contribution in [1.29, 1.82) is 0 Å². The highest BCUT2D eigenvalue weighted by Gasteiger charge is 2.34. The van der Waals surface area contributed by atoms with E-state index < -0.39 is 5.60 Å². The Hall–Kier alpha value is -2.48. The van der Waals surface area contributed by atoms with Crippen LogP contribution < -0.4 is 10.2 Å². The second-order valence-corrected chi connectivity index (χ2v) is 6.11. The molecule has 0 spiro atoms. The van der Waals surface area contributed by atoms with E-state index in [9.17, 15) is 9.90 Å². The minimum absolute atomic E-state index is 0.127. The monoisotopic (exact) mass is 330 g/mol. The molecular formula is C16H22N6O2. The predicted octanol–water partition coefficient (Wildman–Crippen LogP) is 0.454. The maximum absolute atomic E-state index is 11.8. The van der Waals surface area contributed by atoms with Crippen LogP contribution in [0.2, 0.25) is 0 Å². The van der Waals surface area contributed by atoms with E-state index in [1.54, 1.807) is 29.3 Å². The summed E-state index contributed by atoms with van der Waals surface area (Å²) in [5.41, 5.74) is -0.332. The van der Waals surface area contributed by atoms with E-state index in [1.165, 1.54) is 0 Å². The second kappa shape index (κ2) is 6.96. The molecule has 2 aromatic heterocycles. The fourth-order valence-electron chi connectivity index (χ4n) is 3.03. The third-order valence-electron chi connectivity index (χ3n) is 4.15. The van der Waals surface area contributed by atoms with Crippen molar-refractivity contribution in [3.05, 3.63) is 36.3 Å². The van der Waals surface area contributed by atoms with Gasteiger partial charge in [-0.25, -0.2) is 9.67 Å². The van der Waals surface area contributed by atoms with Gasteiger partial charge >= 0.3 is 0 Å². The molecule has 8 heteroatoms. The first-order valence-electron chi connectivity index (χ1n) is 8.15. The molecule has 1 fully saturated rings. The number of carbonyl (C=O) groups excluding carboxylic acids is 1. The molecule has 2 N–H and O–H groups in total. The normalized spacial score (nSPS) is 20.8. The molecule has 0 aliphatic carbocycles. The lowest BCUT2D eigenvalue weighted by Crippen LogP contribution is -2.51. The molecule has 1 aliphatic rings. The van der Waals surface area contributed by atoms with Gasteiger partial charge in [0.1, 0.15) is 11.4 Å². The Kier molecular flexibility index (Phi) is 4.75. The highest BCUT2D eigenvalue weighted by molar-refractivity contribution is 5.93. The number of hydrogen-bond donors (Lipinski definition) is 2. The van der Waals surface area contributed by atoms with E-state index >= 15 is 0 Å². The Balaban J connectivity index is 1.69. The Labute approximate surface area is 140 Å². The number of piperidine rings is 1. The van der Waals surface area contributed by atoms with Crippen LogP contribution in [0, 0.1) is 0 Å². The van der Waals surface area contributed by atoms with Crippen LogP contribution in [0.5, 0.6) is 0 Å². The maximum Gasteiger partial charge on any atom is 0.252 e. The van der Waals surface area contributed by atoms with Gasteiger partial charge in [0.2, 0.25) is 0 Å². The quantitative estimate of drug-likeness (QED) is 0.826. The van der Waals surface area contributed by atoms with Gasteiger partial charge in [-0.2, -0.15) is 0 Å². The van der Waals surface area contributed by atoms with Gasteiger partial charge in [-0.15, -0.1) is 5.10 Å². The molecule has 0 saturated carbocycles. The lowest BCUT2D eigenvalue weighted by Gasteiger charge is -2.39. The van der Waals surface area contributed by atoms with E-state index in [-0.39, 0.29) is 5.91 Å². The van der Waals surface area contributed by atoms with Gasteiger partial charge in [0.15, 0.2) is 0 Å². The number of carbonyl (C=O) groups is 1. The summed E-state index contributed by atoms with van der Waals surface area (Å²) in [5.74, 6) is 0.637. The van der Waals surface area contributed by atoms with Crippen LogP contribution >= 0.6 is 0 Å². The van der Waals surface area contributed by atoms with Gasteiger partial charge in [0.05, 0.1) is 18.3 Å². The van der Waals surface area contributed by atoms with E-state index in [2.05, 4.69) is 20.6 Å². The van der Waals surface area contributed by atoms with Crippen LogP contribution in [-0.2, 0) is 6.54 Å². The van der Waals surface area contributed by atoms with Gasteiger partial charge in [-0.05, 0) is 31.9 Å². The SMILES string of the molecule is CCNC(=O)c1ccc(N2CCCC(O)(Cn3ccnn3)C2)nc1. The Morgan fingerprint density at radius 2 is 2.33 bits per heavy atom. The summed E-state index contributed by atoms with van der Waals surface area (Å²) in [7, 11) is 0. The zero-order chi connectivity index (χ0) is 17.0. The fourth-order valence-corrected chi connectivity index (χ4v) is 3.03. The molecule has 1 aliphatic heterocycles. The second-order valence-electron chi connectivity index (χ2n) is 6.11. The number of nitrogens with one attached hydrogen (secondary N) is 1. The van der Waals surface area contributed by atoms with E-state index in [4.69, 9.17) is 0 Å². The van der Waals surface area contributed by atoms with Gasteiger partial charge in [-0.1, -0.05) is 5.21 Å². The summed E-state index contributed by atoms with van der Waals surface area (Å²) in [5, 5.41) is 21.3.